The number of rotatable bonds is 4. The lowest BCUT2D eigenvalue weighted by molar-refractivity contribution is 0.175. The van der Waals surface area contributed by atoms with E-state index in [1.807, 2.05) is 24.3 Å². The van der Waals surface area contributed by atoms with Crippen molar-refractivity contribution in [3.8, 4) is 5.75 Å². The normalized spacial score (nSPS) is 19.6. The van der Waals surface area contributed by atoms with Gasteiger partial charge in [-0.15, -0.1) is 0 Å². The number of urea groups is 1. The molecular weight excluding hydrogens is 230 g/mol. The molecule has 2 amide bonds. The van der Waals surface area contributed by atoms with Crippen LogP contribution in [-0.4, -0.2) is 37.7 Å². The molecule has 0 saturated carbocycles. The van der Waals surface area contributed by atoms with Gasteiger partial charge in [-0.3, -0.25) is 0 Å². The average Bonchev–Trinajstić information content (AvgIpc) is 2.41. The number of amides is 2. The SMILES string of the molecule is COc1ccccc1C1CCN(CCN)C(=O)N1. The molecule has 0 aromatic heterocycles. The number of hydrogen-bond acceptors (Lipinski definition) is 3. The Bertz CT molecular complexity index is 422. The molecule has 5 nitrogen and oxygen atoms in total. The van der Waals surface area contributed by atoms with E-state index >= 15 is 0 Å². The summed E-state index contributed by atoms with van der Waals surface area (Å²) in [5.74, 6) is 0.815. The molecule has 0 bridgehead atoms. The Morgan fingerprint density at radius 1 is 1.50 bits per heavy atom. The quantitative estimate of drug-likeness (QED) is 0.840. The van der Waals surface area contributed by atoms with Gasteiger partial charge in [0.05, 0.1) is 13.2 Å². The maximum Gasteiger partial charge on any atom is 0.317 e. The van der Waals surface area contributed by atoms with Crippen LogP contribution >= 0.6 is 0 Å². The number of nitrogens with one attached hydrogen (secondary N) is 1. The van der Waals surface area contributed by atoms with Crippen molar-refractivity contribution in [1.82, 2.24) is 10.2 Å². The molecular formula is C13H19N3O2. The summed E-state index contributed by atoms with van der Waals surface area (Å²) < 4.78 is 5.32. The Balaban J connectivity index is 2.10. The van der Waals surface area contributed by atoms with Crippen molar-refractivity contribution in [2.75, 3.05) is 26.7 Å². The van der Waals surface area contributed by atoms with Gasteiger partial charge >= 0.3 is 6.03 Å². The number of nitrogens with zero attached hydrogens (tertiary/aromatic N) is 1. The van der Waals surface area contributed by atoms with Crippen molar-refractivity contribution in [2.24, 2.45) is 5.73 Å². The molecule has 1 fully saturated rings. The summed E-state index contributed by atoms with van der Waals surface area (Å²) in [6.45, 7) is 1.82. The Hall–Kier alpha value is -1.75. The van der Waals surface area contributed by atoms with E-state index in [1.54, 1.807) is 12.0 Å². The Kier molecular flexibility index (Phi) is 4.04. The van der Waals surface area contributed by atoms with Crippen LogP contribution in [0.25, 0.3) is 0 Å². The second-order valence-electron chi connectivity index (χ2n) is 4.31. The van der Waals surface area contributed by atoms with Crippen LogP contribution in [-0.2, 0) is 0 Å². The highest BCUT2D eigenvalue weighted by Gasteiger charge is 2.26. The maximum atomic E-state index is 11.9. The number of methoxy groups -OCH3 is 1. The fraction of sp³-hybridized carbons (Fsp3) is 0.462. The standard InChI is InChI=1S/C13H19N3O2/c1-18-12-5-3-2-4-10(12)11-6-8-16(9-7-14)13(17)15-11/h2-5,11H,6-9,14H2,1H3,(H,15,17). The molecule has 0 aliphatic carbocycles. The second kappa shape index (κ2) is 5.73. The van der Waals surface area contributed by atoms with E-state index in [9.17, 15) is 4.79 Å². The van der Waals surface area contributed by atoms with Gasteiger partial charge < -0.3 is 20.7 Å². The first-order chi connectivity index (χ1) is 8.76. The zero-order valence-electron chi connectivity index (χ0n) is 10.6. The van der Waals surface area contributed by atoms with E-state index in [4.69, 9.17) is 10.5 Å². The van der Waals surface area contributed by atoms with Gasteiger partial charge in [-0.05, 0) is 12.5 Å². The first-order valence-corrected chi connectivity index (χ1v) is 6.14. The van der Waals surface area contributed by atoms with E-state index in [-0.39, 0.29) is 12.1 Å². The van der Waals surface area contributed by atoms with Crippen molar-refractivity contribution >= 4 is 6.03 Å². The number of para-hydroxylation sites is 1. The zero-order chi connectivity index (χ0) is 13.0. The van der Waals surface area contributed by atoms with Gasteiger partial charge in [0.25, 0.3) is 0 Å². The van der Waals surface area contributed by atoms with E-state index in [0.29, 0.717) is 13.1 Å². The third-order valence-electron chi connectivity index (χ3n) is 3.19. The van der Waals surface area contributed by atoms with Crippen LogP contribution < -0.4 is 15.8 Å². The summed E-state index contributed by atoms with van der Waals surface area (Å²) in [4.78, 5) is 13.6. The molecule has 1 aromatic rings. The molecule has 3 N–H and O–H groups in total. The second-order valence-corrected chi connectivity index (χ2v) is 4.31. The molecule has 5 heteroatoms. The lowest BCUT2D eigenvalue weighted by atomic mass is 10.0. The molecule has 1 aliphatic rings. The number of nitrogens with two attached hydrogens (primary N) is 1. The van der Waals surface area contributed by atoms with E-state index in [2.05, 4.69) is 5.32 Å². The summed E-state index contributed by atoms with van der Waals surface area (Å²) in [5, 5.41) is 2.99. The highest BCUT2D eigenvalue weighted by Crippen LogP contribution is 2.29. The Labute approximate surface area is 107 Å². The summed E-state index contributed by atoms with van der Waals surface area (Å²) >= 11 is 0. The van der Waals surface area contributed by atoms with Gasteiger partial charge in [-0.25, -0.2) is 4.79 Å². The van der Waals surface area contributed by atoms with Crippen molar-refractivity contribution < 1.29 is 9.53 Å². The Morgan fingerprint density at radius 3 is 2.94 bits per heavy atom. The molecule has 98 valence electrons. The van der Waals surface area contributed by atoms with Gasteiger partial charge in [0.2, 0.25) is 0 Å². The lowest BCUT2D eigenvalue weighted by Gasteiger charge is -2.33. The molecule has 1 aromatic carbocycles. The Morgan fingerprint density at radius 2 is 2.28 bits per heavy atom. The summed E-state index contributed by atoms with van der Waals surface area (Å²) in [5.41, 5.74) is 6.50. The van der Waals surface area contributed by atoms with Crippen LogP contribution in [0.4, 0.5) is 4.79 Å². The smallest absolute Gasteiger partial charge is 0.317 e. The average molecular weight is 249 g/mol. The molecule has 1 unspecified atom stereocenters. The maximum absolute atomic E-state index is 11.9. The molecule has 1 atom stereocenters. The highest BCUT2D eigenvalue weighted by atomic mass is 16.5. The third-order valence-corrected chi connectivity index (χ3v) is 3.19. The predicted octanol–water partition coefficient (Wildman–Crippen LogP) is 1.11. The monoisotopic (exact) mass is 249 g/mol. The molecule has 2 rings (SSSR count). The lowest BCUT2D eigenvalue weighted by Crippen LogP contribution is -2.49. The molecule has 0 radical (unpaired) electrons. The van der Waals surface area contributed by atoms with Crippen molar-refractivity contribution in [3.63, 3.8) is 0 Å². The minimum atomic E-state index is -0.0531. The van der Waals surface area contributed by atoms with Gasteiger partial charge in [-0.2, -0.15) is 0 Å². The van der Waals surface area contributed by atoms with E-state index in [1.165, 1.54) is 0 Å². The fourth-order valence-electron chi connectivity index (χ4n) is 2.26. The minimum Gasteiger partial charge on any atom is -0.496 e. The molecule has 1 heterocycles. The van der Waals surface area contributed by atoms with Crippen LogP contribution in [0, 0.1) is 0 Å². The first-order valence-electron chi connectivity index (χ1n) is 6.14. The fourth-order valence-corrected chi connectivity index (χ4v) is 2.26. The van der Waals surface area contributed by atoms with Crippen LogP contribution in [0.3, 0.4) is 0 Å². The summed E-state index contributed by atoms with van der Waals surface area (Å²) in [7, 11) is 1.64. The highest BCUT2D eigenvalue weighted by molar-refractivity contribution is 5.75. The van der Waals surface area contributed by atoms with Crippen LogP contribution in [0.1, 0.15) is 18.0 Å². The number of hydrogen-bond donors (Lipinski definition) is 2. The van der Waals surface area contributed by atoms with Gasteiger partial charge in [0.15, 0.2) is 0 Å². The third kappa shape index (κ3) is 2.56. The van der Waals surface area contributed by atoms with Gasteiger partial charge in [0, 0.05) is 25.2 Å². The predicted molar refractivity (Wildman–Crippen MR) is 69.5 cm³/mol. The molecule has 1 aliphatic heterocycles. The molecule has 0 spiro atoms. The first kappa shape index (κ1) is 12.7. The number of ether oxygens (including phenoxy) is 1. The van der Waals surface area contributed by atoms with Crippen LogP contribution in [0.5, 0.6) is 5.75 Å². The van der Waals surface area contributed by atoms with Crippen LogP contribution in [0.2, 0.25) is 0 Å². The van der Waals surface area contributed by atoms with E-state index in [0.717, 1.165) is 24.3 Å². The molecule has 1 saturated heterocycles. The number of benzene rings is 1. The number of carbonyl (C=O) groups is 1. The number of carbonyl (C=O) groups excluding carboxylic acids is 1. The van der Waals surface area contributed by atoms with E-state index < -0.39 is 0 Å². The summed E-state index contributed by atoms with van der Waals surface area (Å²) in [6, 6.07) is 7.74. The largest absolute Gasteiger partial charge is 0.496 e. The van der Waals surface area contributed by atoms with Crippen molar-refractivity contribution in [1.29, 1.82) is 0 Å². The van der Waals surface area contributed by atoms with Gasteiger partial charge in [-0.1, -0.05) is 18.2 Å². The van der Waals surface area contributed by atoms with Crippen molar-refractivity contribution in [2.45, 2.75) is 12.5 Å². The van der Waals surface area contributed by atoms with Crippen molar-refractivity contribution in [3.05, 3.63) is 29.8 Å². The topological polar surface area (TPSA) is 67.6 Å². The zero-order valence-corrected chi connectivity index (χ0v) is 10.6. The summed E-state index contributed by atoms with van der Waals surface area (Å²) in [6.07, 6.45) is 0.867. The van der Waals surface area contributed by atoms with Gasteiger partial charge in [0.1, 0.15) is 5.75 Å². The minimum absolute atomic E-state index is 0.0164. The van der Waals surface area contributed by atoms with Crippen LogP contribution in [0.15, 0.2) is 24.3 Å². The molecule has 18 heavy (non-hydrogen) atoms.